The number of carbonyl (C=O) groups is 2. The van der Waals surface area contributed by atoms with E-state index in [2.05, 4.69) is 5.32 Å². The molecule has 1 saturated heterocycles. The van der Waals surface area contributed by atoms with Crippen molar-refractivity contribution in [3.8, 4) is 11.5 Å². The molecule has 1 fully saturated rings. The fourth-order valence-electron chi connectivity index (χ4n) is 3.33. The Balaban J connectivity index is 1.31. The molecule has 146 valence electrons. The van der Waals surface area contributed by atoms with Crippen LogP contribution in [0.4, 0.5) is 5.69 Å². The van der Waals surface area contributed by atoms with Gasteiger partial charge in [0.05, 0.1) is 22.8 Å². The Hall–Kier alpha value is -2.77. The van der Waals surface area contributed by atoms with Crippen LogP contribution in [0.3, 0.4) is 0 Å². The van der Waals surface area contributed by atoms with E-state index in [0.29, 0.717) is 54.0 Å². The van der Waals surface area contributed by atoms with Crippen LogP contribution in [-0.4, -0.2) is 61.1 Å². The van der Waals surface area contributed by atoms with Gasteiger partial charge in [0.25, 0.3) is 5.91 Å². The van der Waals surface area contributed by atoms with E-state index in [1.807, 2.05) is 17.0 Å². The van der Waals surface area contributed by atoms with Crippen LogP contribution in [0.25, 0.3) is 0 Å². The van der Waals surface area contributed by atoms with Crippen molar-refractivity contribution >= 4 is 29.1 Å². The maximum absolute atomic E-state index is 12.8. The Morgan fingerprint density at radius 3 is 2.57 bits per heavy atom. The highest BCUT2D eigenvalue weighted by molar-refractivity contribution is 6.33. The fourth-order valence-corrected chi connectivity index (χ4v) is 3.52. The van der Waals surface area contributed by atoms with Crippen molar-refractivity contribution < 1.29 is 19.1 Å². The van der Waals surface area contributed by atoms with Crippen LogP contribution in [0, 0.1) is 0 Å². The molecule has 2 aromatic rings. The number of nitrogens with one attached hydrogen (secondary N) is 1. The van der Waals surface area contributed by atoms with Gasteiger partial charge in [-0.15, -0.1) is 0 Å². The van der Waals surface area contributed by atoms with Crippen LogP contribution in [-0.2, 0) is 4.79 Å². The number of para-hydroxylation sites is 2. The number of ether oxygens (including phenoxy) is 2. The van der Waals surface area contributed by atoms with E-state index in [1.54, 1.807) is 35.2 Å². The highest BCUT2D eigenvalue weighted by Gasteiger charge is 2.28. The molecule has 0 radical (unpaired) electrons. The Morgan fingerprint density at radius 1 is 1.00 bits per heavy atom. The number of piperazine rings is 1. The number of hydrogen-bond donors (Lipinski definition) is 1. The number of carbonyl (C=O) groups excluding carboxylic acids is 2. The van der Waals surface area contributed by atoms with Gasteiger partial charge in [-0.2, -0.15) is 0 Å². The van der Waals surface area contributed by atoms with E-state index in [4.69, 9.17) is 21.1 Å². The molecule has 0 spiro atoms. The lowest BCUT2D eigenvalue weighted by atomic mass is 10.1. The van der Waals surface area contributed by atoms with Crippen LogP contribution in [0.1, 0.15) is 10.4 Å². The van der Waals surface area contributed by atoms with Gasteiger partial charge in [-0.3, -0.25) is 14.5 Å². The monoisotopic (exact) mass is 401 g/mol. The molecule has 4 rings (SSSR count). The van der Waals surface area contributed by atoms with Crippen molar-refractivity contribution in [2.24, 2.45) is 0 Å². The third-order valence-electron chi connectivity index (χ3n) is 4.80. The average Bonchev–Trinajstić information content (AvgIpc) is 3.19. The maximum Gasteiger partial charge on any atom is 0.257 e. The molecular weight excluding hydrogens is 382 g/mol. The smallest absolute Gasteiger partial charge is 0.257 e. The SMILES string of the molecule is O=C(CN1CCN(C(=O)c2cccc3c2OCO3)CC1)Nc1ccccc1Cl. The summed E-state index contributed by atoms with van der Waals surface area (Å²) in [6.07, 6.45) is 0. The summed E-state index contributed by atoms with van der Waals surface area (Å²) < 4.78 is 10.8. The maximum atomic E-state index is 12.8. The second-order valence-electron chi connectivity index (χ2n) is 6.64. The Kier molecular flexibility index (Phi) is 5.36. The Bertz CT molecular complexity index is 897. The summed E-state index contributed by atoms with van der Waals surface area (Å²) >= 11 is 6.07. The standard InChI is InChI=1S/C20H20ClN3O4/c21-15-5-1-2-6-16(15)22-18(25)12-23-8-10-24(11-9-23)20(26)14-4-3-7-17-19(14)28-13-27-17/h1-7H,8-13H2,(H,22,25). The van der Waals surface area contributed by atoms with Gasteiger partial charge in [-0.1, -0.05) is 29.8 Å². The quantitative estimate of drug-likeness (QED) is 0.852. The van der Waals surface area contributed by atoms with Gasteiger partial charge in [0.1, 0.15) is 0 Å². The van der Waals surface area contributed by atoms with Gasteiger partial charge in [-0.05, 0) is 24.3 Å². The summed E-state index contributed by atoms with van der Waals surface area (Å²) in [5, 5.41) is 3.33. The van der Waals surface area contributed by atoms with Gasteiger partial charge in [0, 0.05) is 26.2 Å². The zero-order chi connectivity index (χ0) is 19.5. The second-order valence-corrected chi connectivity index (χ2v) is 7.04. The van der Waals surface area contributed by atoms with Gasteiger partial charge in [0.2, 0.25) is 12.7 Å². The highest BCUT2D eigenvalue weighted by atomic mass is 35.5. The zero-order valence-corrected chi connectivity index (χ0v) is 15.9. The van der Waals surface area contributed by atoms with Crippen LogP contribution in [0.5, 0.6) is 11.5 Å². The minimum atomic E-state index is -0.126. The molecule has 1 N–H and O–H groups in total. The number of fused-ring (bicyclic) bond motifs is 1. The topological polar surface area (TPSA) is 71.1 Å². The molecule has 2 aliphatic rings. The normalized spacial score (nSPS) is 16.1. The lowest BCUT2D eigenvalue weighted by molar-refractivity contribution is -0.117. The molecular formula is C20H20ClN3O4. The van der Waals surface area contributed by atoms with Gasteiger partial charge < -0.3 is 19.7 Å². The first-order valence-corrected chi connectivity index (χ1v) is 9.44. The molecule has 2 aromatic carbocycles. The first-order chi connectivity index (χ1) is 13.6. The molecule has 0 aromatic heterocycles. The number of benzene rings is 2. The minimum absolute atomic E-state index is 0.0810. The highest BCUT2D eigenvalue weighted by Crippen LogP contribution is 2.36. The van der Waals surface area contributed by atoms with Crippen LogP contribution < -0.4 is 14.8 Å². The van der Waals surface area contributed by atoms with Crippen LogP contribution in [0.15, 0.2) is 42.5 Å². The molecule has 0 atom stereocenters. The molecule has 0 aliphatic carbocycles. The molecule has 28 heavy (non-hydrogen) atoms. The van der Waals surface area contributed by atoms with Crippen molar-refractivity contribution in [1.82, 2.24) is 9.80 Å². The fraction of sp³-hybridized carbons (Fsp3) is 0.300. The molecule has 2 heterocycles. The molecule has 8 heteroatoms. The molecule has 7 nitrogen and oxygen atoms in total. The predicted molar refractivity (Wildman–Crippen MR) is 105 cm³/mol. The first kappa shape index (κ1) is 18.6. The van der Waals surface area contributed by atoms with E-state index >= 15 is 0 Å². The van der Waals surface area contributed by atoms with Gasteiger partial charge in [0.15, 0.2) is 11.5 Å². The van der Waals surface area contributed by atoms with Crippen molar-refractivity contribution in [3.05, 3.63) is 53.1 Å². The Morgan fingerprint density at radius 2 is 1.79 bits per heavy atom. The van der Waals surface area contributed by atoms with Crippen molar-refractivity contribution in [3.63, 3.8) is 0 Å². The number of amides is 2. The van der Waals surface area contributed by atoms with Crippen molar-refractivity contribution in [2.45, 2.75) is 0 Å². The van der Waals surface area contributed by atoms with Gasteiger partial charge >= 0.3 is 0 Å². The second kappa shape index (κ2) is 8.08. The lowest BCUT2D eigenvalue weighted by Crippen LogP contribution is -2.50. The molecule has 2 aliphatic heterocycles. The van der Waals surface area contributed by atoms with Gasteiger partial charge in [-0.25, -0.2) is 0 Å². The number of rotatable bonds is 4. The van der Waals surface area contributed by atoms with Crippen LogP contribution >= 0.6 is 11.6 Å². The largest absolute Gasteiger partial charge is 0.454 e. The van der Waals surface area contributed by atoms with E-state index in [9.17, 15) is 9.59 Å². The summed E-state index contributed by atoms with van der Waals surface area (Å²) in [6, 6.07) is 12.5. The third-order valence-corrected chi connectivity index (χ3v) is 5.13. The van der Waals surface area contributed by atoms with E-state index in [1.165, 1.54) is 0 Å². The lowest BCUT2D eigenvalue weighted by Gasteiger charge is -2.34. The third kappa shape index (κ3) is 3.90. The molecule has 0 saturated carbocycles. The Labute approximate surface area is 167 Å². The zero-order valence-electron chi connectivity index (χ0n) is 15.2. The van der Waals surface area contributed by atoms with E-state index < -0.39 is 0 Å². The minimum Gasteiger partial charge on any atom is -0.454 e. The average molecular weight is 402 g/mol. The van der Waals surface area contributed by atoms with Crippen molar-refractivity contribution in [1.29, 1.82) is 0 Å². The summed E-state index contributed by atoms with van der Waals surface area (Å²) in [6.45, 7) is 2.71. The molecule has 2 amide bonds. The summed E-state index contributed by atoms with van der Waals surface area (Å²) in [7, 11) is 0. The predicted octanol–water partition coefficient (Wildman–Crippen LogP) is 2.47. The molecule has 0 unspecified atom stereocenters. The summed E-state index contributed by atoms with van der Waals surface area (Å²) in [5.41, 5.74) is 1.11. The van der Waals surface area contributed by atoms with Crippen LogP contribution in [0.2, 0.25) is 5.02 Å². The van der Waals surface area contributed by atoms with Crippen molar-refractivity contribution in [2.75, 3.05) is 44.8 Å². The number of hydrogen-bond acceptors (Lipinski definition) is 5. The number of nitrogens with zero attached hydrogens (tertiary/aromatic N) is 2. The summed E-state index contributed by atoms with van der Waals surface area (Å²) in [5.74, 6) is 0.900. The number of halogens is 1. The first-order valence-electron chi connectivity index (χ1n) is 9.06. The number of anilines is 1. The summed E-state index contributed by atoms with van der Waals surface area (Å²) in [4.78, 5) is 28.9. The van der Waals surface area contributed by atoms with E-state index in [0.717, 1.165) is 0 Å². The van der Waals surface area contributed by atoms with E-state index in [-0.39, 0.29) is 25.2 Å². The molecule has 0 bridgehead atoms.